The maximum atomic E-state index is 13.5. The van der Waals surface area contributed by atoms with Crippen LogP contribution >= 0.6 is 0 Å². The number of carbonyl (C=O) groups is 4. The SMILES string of the molecule is CNCCCC(C=O)N(C)C(=O)c1c(C=O)cccc1NCC(=O)NCCOCCN1CCN(C2CCC(n3nc(-c4ccc(Oc5ccccc5)cc4)c4c(N)ncnc43)CC2)CC1. The van der Waals surface area contributed by atoms with Crippen LogP contribution in [0.15, 0.2) is 79.1 Å². The minimum absolute atomic E-state index is 0.107. The number of rotatable bonds is 22. The van der Waals surface area contributed by atoms with Gasteiger partial charge in [0.05, 0.1) is 42.8 Å². The van der Waals surface area contributed by atoms with Gasteiger partial charge in [0, 0.05) is 69.2 Å². The van der Waals surface area contributed by atoms with Gasteiger partial charge in [0.1, 0.15) is 35.6 Å². The predicted molar refractivity (Wildman–Crippen MR) is 250 cm³/mol. The van der Waals surface area contributed by atoms with Crippen LogP contribution in [0.3, 0.4) is 0 Å². The fourth-order valence-electron chi connectivity index (χ4n) is 8.80. The Hall–Kier alpha value is -6.27. The Labute approximate surface area is 380 Å². The Morgan fingerprint density at radius 3 is 2.35 bits per heavy atom. The molecule has 0 spiro atoms. The maximum absolute atomic E-state index is 13.5. The fourth-order valence-corrected chi connectivity index (χ4v) is 8.80. The molecular weight excluding hydrogens is 827 g/mol. The standard InChI is InChI=1S/C48H61N11O6/c1-50-21-7-9-38(32-61)56(2)48(63)43-35(31-60)8-6-12-41(43)52-30-42(62)51-22-28-64-29-27-57-23-25-58(26-24-57)36-15-17-37(18-16-36)59-47-44(46(49)53-33-54-47)45(55-59)34-13-19-40(20-14-34)65-39-10-4-3-5-11-39/h3-6,8,10-14,19-20,31-33,36-38,50,52H,7,9,15-18,21-30H2,1-2H3,(H,51,62)(H2,49,53,54). The smallest absolute Gasteiger partial charge is 0.257 e. The van der Waals surface area contributed by atoms with Crippen molar-refractivity contribution in [3.63, 3.8) is 0 Å². The molecule has 17 heteroatoms. The van der Waals surface area contributed by atoms with E-state index in [2.05, 4.69) is 40.4 Å². The summed E-state index contributed by atoms with van der Waals surface area (Å²) in [5.74, 6) is 1.19. The summed E-state index contributed by atoms with van der Waals surface area (Å²) in [7, 11) is 3.37. The number of hydrogen-bond donors (Lipinski definition) is 4. The van der Waals surface area contributed by atoms with Crippen LogP contribution in [0.25, 0.3) is 22.3 Å². The van der Waals surface area contributed by atoms with E-state index >= 15 is 0 Å². The number of ether oxygens (including phenoxy) is 2. The van der Waals surface area contributed by atoms with Crippen molar-refractivity contribution in [2.24, 2.45) is 0 Å². The molecule has 344 valence electrons. The minimum atomic E-state index is -0.644. The number of nitrogens with two attached hydrogens (primary N) is 1. The molecule has 2 aromatic heterocycles. The van der Waals surface area contributed by atoms with Crippen molar-refractivity contribution in [1.82, 2.24) is 45.1 Å². The number of nitrogens with one attached hydrogen (secondary N) is 3. The van der Waals surface area contributed by atoms with Crippen LogP contribution in [0.2, 0.25) is 0 Å². The summed E-state index contributed by atoms with van der Waals surface area (Å²) < 4.78 is 14.0. The zero-order chi connectivity index (χ0) is 45.5. The molecule has 2 aliphatic rings. The monoisotopic (exact) mass is 887 g/mol. The molecule has 17 nitrogen and oxygen atoms in total. The average Bonchev–Trinajstić information content (AvgIpc) is 3.74. The predicted octanol–water partition coefficient (Wildman–Crippen LogP) is 4.67. The van der Waals surface area contributed by atoms with Crippen LogP contribution in [0.1, 0.15) is 65.3 Å². The summed E-state index contributed by atoms with van der Waals surface area (Å²) in [6.45, 7) is 6.65. The Morgan fingerprint density at radius 1 is 0.892 bits per heavy atom. The molecular formula is C48H61N11O6. The Bertz CT molecular complexity index is 2350. The molecule has 65 heavy (non-hydrogen) atoms. The lowest BCUT2D eigenvalue weighted by Crippen LogP contribution is -2.51. The first-order valence-corrected chi connectivity index (χ1v) is 22.6. The number of amides is 2. The number of fused-ring (bicyclic) bond motifs is 1. The third-order valence-corrected chi connectivity index (χ3v) is 12.5. The summed E-state index contributed by atoms with van der Waals surface area (Å²) in [4.78, 5) is 65.3. The van der Waals surface area contributed by atoms with Crippen LogP contribution in [0, 0.1) is 0 Å². The molecule has 3 aromatic carbocycles. The number of anilines is 2. The zero-order valence-corrected chi connectivity index (χ0v) is 37.4. The number of likely N-dealkylation sites (N-methyl/N-ethyl adjacent to an activating group) is 1. The number of nitrogen functional groups attached to an aromatic ring is 1. The fraction of sp³-hybridized carbons (Fsp3) is 0.438. The van der Waals surface area contributed by atoms with Crippen molar-refractivity contribution in [2.75, 3.05) is 90.7 Å². The second-order valence-electron chi connectivity index (χ2n) is 16.6. The summed E-state index contributed by atoms with van der Waals surface area (Å²) in [5, 5.41) is 14.8. The first-order valence-electron chi connectivity index (χ1n) is 22.6. The van der Waals surface area contributed by atoms with Crippen molar-refractivity contribution >= 4 is 46.9 Å². The summed E-state index contributed by atoms with van der Waals surface area (Å²) in [6, 6.07) is 22.5. The summed E-state index contributed by atoms with van der Waals surface area (Å²) in [6.07, 6.45) is 8.22. The Morgan fingerprint density at radius 2 is 1.63 bits per heavy atom. The number of nitrogens with zero attached hydrogens (tertiary/aromatic N) is 7. The molecule has 2 amide bonds. The molecule has 2 fully saturated rings. The molecule has 1 atom stereocenters. The molecule has 7 rings (SSSR count). The molecule has 1 aliphatic carbocycles. The summed E-state index contributed by atoms with van der Waals surface area (Å²) in [5.41, 5.74) is 9.57. The average molecular weight is 888 g/mol. The van der Waals surface area contributed by atoms with E-state index in [1.54, 1.807) is 25.2 Å². The van der Waals surface area contributed by atoms with Gasteiger partial charge in [-0.15, -0.1) is 0 Å². The van der Waals surface area contributed by atoms with E-state index in [4.69, 9.17) is 20.3 Å². The zero-order valence-electron chi connectivity index (χ0n) is 37.4. The Balaban J connectivity index is 0.806. The van der Waals surface area contributed by atoms with Crippen LogP contribution in [-0.2, 0) is 14.3 Å². The van der Waals surface area contributed by atoms with E-state index in [-0.39, 0.29) is 29.6 Å². The van der Waals surface area contributed by atoms with Crippen LogP contribution in [-0.4, -0.2) is 151 Å². The second kappa shape index (κ2) is 23.1. The van der Waals surface area contributed by atoms with Gasteiger partial charge in [-0.05, 0) is 94.6 Å². The normalized spacial score (nSPS) is 17.3. The van der Waals surface area contributed by atoms with Crippen molar-refractivity contribution in [1.29, 1.82) is 0 Å². The van der Waals surface area contributed by atoms with Gasteiger partial charge in [-0.2, -0.15) is 5.10 Å². The van der Waals surface area contributed by atoms with E-state index in [9.17, 15) is 19.2 Å². The molecule has 0 radical (unpaired) electrons. The van der Waals surface area contributed by atoms with Gasteiger partial charge in [0.25, 0.3) is 5.91 Å². The number of carbonyl (C=O) groups excluding carboxylic acids is 4. The highest BCUT2D eigenvalue weighted by atomic mass is 16.5. The highest BCUT2D eigenvalue weighted by molar-refractivity contribution is 6.07. The van der Waals surface area contributed by atoms with Crippen molar-refractivity contribution in [3.8, 4) is 22.8 Å². The second-order valence-corrected chi connectivity index (χ2v) is 16.6. The molecule has 1 unspecified atom stereocenters. The van der Waals surface area contributed by atoms with Crippen LogP contribution in [0.5, 0.6) is 11.5 Å². The van der Waals surface area contributed by atoms with E-state index in [0.29, 0.717) is 63.0 Å². The first-order chi connectivity index (χ1) is 31.8. The number of aromatic nitrogens is 4. The molecule has 1 saturated carbocycles. The molecule has 3 heterocycles. The van der Waals surface area contributed by atoms with E-state index < -0.39 is 11.9 Å². The van der Waals surface area contributed by atoms with Crippen LogP contribution < -0.4 is 26.4 Å². The molecule has 1 aliphatic heterocycles. The largest absolute Gasteiger partial charge is 0.457 e. The van der Waals surface area contributed by atoms with Crippen LogP contribution in [0.4, 0.5) is 11.5 Å². The van der Waals surface area contributed by atoms with E-state index in [0.717, 1.165) is 98.5 Å². The number of piperazine rings is 1. The number of aldehydes is 2. The minimum Gasteiger partial charge on any atom is -0.457 e. The molecule has 5 aromatic rings. The van der Waals surface area contributed by atoms with Gasteiger partial charge < -0.3 is 40.9 Å². The lowest BCUT2D eigenvalue weighted by molar-refractivity contribution is -0.119. The highest BCUT2D eigenvalue weighted by Gasteiger charge is 2.31. The van der Waals surface area contributed by atoms with Gasteiger partial charge in [0.15, 0.2) is 11.9 Å². The number of para-hydroxylation sites is 1. The van der Waals surface area contributed by atoms with Gasteiger partial charge in [-0.25, -0.2) is 14.6 Å². The van der Waals surface area contributed by atoms with Gasteiger partial charge in [-0.3, -0.25) is 24.2 Å². The van der Waals surface area contributed by atoms with Crippen molar-refractivity contribution < 1.29 is 28.7 Å². The van der Waals surface area contributed by atoms with E-state index in [1.807, 2.05) is 61.6 Å². The van der Waals surface area contributed by atoms with Crippen molar-refractivity contribution in [2.45, 2.75) is 56.7 Å². The van der Waals surface area contributed by atoms with Gasteiger partial charge >= 0.3 is 0 Å². The third-order valence-electron chi connectivity index (χ3n) is 12.5. The highest BCUT2D eigenvalue weighted by Crippen LogP contribution is 2.38. The quantitative estimate of drug-likeness (QED) is 0.0552. The number of benzene rings is 3. The maximum Gasteiger partial charge on any atom is 0.257 e. The first kappa shape index (κ1) is 46.7. The van der Waals surface area contributed by atoms with E-state index in [1.165, 1.54) is 11.2 Å². The van der Waals surface area contributed by atoms with Crippen molar-refractivity contribution in [3.05, 3.63) is 90.3 Å². The molecule has 0 bridgehead atoms. The Kier molecular flexibility index (Phi) is 16.6. The lowest BCUT2D eigenvalue weighted by Gasteiger charge is -2.42. The third kappa shape index (κ3) is 11.9. The lowest BCUT2D eigenvalue weighted by atomic mass is 9.90. The van der Waals surface area contributed by atoms with Gasteiger partial charge in [-0.1, -0.05) is 30.3 Å². The topological polar surface area (TPSA) is 202 Å². The summed E-state index contributed by atoms with van der Waals surface area (Å²) >= 11 is 0. The van der Waals surface area contributed by atoms with Gasteiger partial charge in [0.2, 0.25) is 5.91 Å². The number of hydrogen-bond acceptors (Lipinski definition) is 14. The molecule has 1 saturated heterocycles. The molecule has 5 N–H and O–H groups in total.